The molecule has 0 radical (unpaired) electrons. The molecule has 2 aromatic carbocycles. The van der Waals surface area contributed by atoms with Gasteiger partial charge in [0.15, 0.2) is 5.11 Å². The second-order valence-corrected chi connectivity index (χ2v) is 7.44. The van der Waals surface area contributed by atoms with Crippen LogP contribution >= 0.6 is 12.2 Å². The average molecular weight is 439 g/mol. The summed E-state index contributed by atoms with van der Waals surface area (Å²) in [5.74, 6) is 1.28. The van der Waals surface area contributed by atoms with Gasteiger partial charge in [-0.15, -0.1) is 0 Å². The number of hydrogen-bond acceptors (Lipinski definition) is 5. The van der Waals surface area contributed by atoms with Gasteiger partial charge in [0.2, 0.25) is 5.82 Å². The van der Waals surface area contributed by atoms with Crippen LogP contribution in [0.3, 0.4) is 0 Å². The van der Waals surface area contributed by atoms with Crippen molar-refractivity contribution < 1.29 is 13.7 Å². The van der Waals surface area contributed by atoms with Gasteiger partial charge in [-0.2, -0.15) is 4.98 Å². The molecule has 2 heterocycles. The predicted octanol–water partition coefficient (Wildman–Crippen LogP) is 4.96. The zero-order valence-electron chi connectivity index (χ0n) is 17.6. The van der Waals surface area contributed by atoms with Crippen molar-refractivity contribution in [2.24, 2.45) is 0 Å². The first-order valence-electron chi connectivity index (χ1n) is 10.1. The Labute approximate surface area is 185 Å². The van der Waals surface area contributed by atoms with Crippen LogP contribution in [0.25, 0.3) is 17.0 Å². The highest BCUT2D eigenvalue weighted by Crippen LogP contribution is 2.37. The van der Waals surface area contributed by atoms with E-state index < -0.39 is 0 Å². The molecule has 0 bridgehead atoms. The molecule has 0 saturated carbocycles. The van der Waals surface area contributed by atoms with E-state index in [0.29, 0.717) is 35.5 Å². The van der Waals surface area contributed by atoms with E-state index >= 15 is 0 Å². The Hall–Kier alpha value is -3.26. The van der Waals surface area contributed by atoms with Crippen LogP contribution in [0, 0.1) is 5.82 Å². The van der Waals surface area contributed by atoms with Gasteiger partial charge >= 0.3 is 0 Å². The fraction of sp³-hybridized carbons (Fsp3) is 0.261. The van der Waals surface area contributed by atoms with Crippen molar-refractivity contribution in [3.05, 3.63) is 71.5 Å². The molecule has 4 rings (SSSR count). The highest BCUT2D eigenvalue weighted by Gasteiger charge is 2.33. The summed E-state index contributed by atoms with van der Waals surface area (Å²) in [5, 5.41) is 8.16. The molecule has 160 valence electrons. The molecule has 31 heavy (non-hydrogen) atoms. The third-order valence-electron chi connectivity index (χ3n) is 5.20. The SMILES string of the molecule is CCOc1ccc(C2NC(=S)N(CC)C(C)=C2c2nc(-c3ccc(F)cc3)no2)cc1. The lowest BCUT2D eigenvalue weighted by Gasteiger charge is -2.36. The Morgan fingerprint density at radius 2 is 1.84 bits per heavy atom. The third-order valence-corrected chi connectivity index (χ3v) is 5.53. The van der Waals surface area contributed by atoms with Gasteiger partial charge in [-0.1, -0.05) is 17.3 Å². The molecular weight excluding hydrogens is 415 g/mol. The summed E-state index contributed by atoms with van der Waals surface area (Å²) >= 11 is 5.60. The molecule has 1 atom stereocenters. The maximum Gasteiger partial charge on any atom is 0.258 e. The largest absolute Gasteiger partial charge is 0.494 e. The lowest BCUT2D eigenvalue weighted by Crippen LogP contribution is -2.45. The first-order valence-corrected chi connectivity index (χ1v) is 10.5. The van der Waals surface area contributed by atoms with E-state index in [4.69, 9.17) is 21.5 Å². The van der Waals surface area contributed by atoms with Crippen molar-refractivity contribution in [1.82, 2.24) is 20.4 Å². The van der Waals surface area contributed by atoms with Gasteiger partial charge in [-0.25, -0.2) is 4.39 Å². The molecule has 6 nitrogen and oxygen atoms in total. The summed E-state index contributed by atoms with van der Waals surface area (Å²) in [4.78, 5) is 6.61. The standard InChI is InChI=1S/C23H23FN4O2S/c1-4-28-14(3)19(22-26-21(27-30-22)16-6-10-17(24)11-7-16)20(25-23(28)31)15-8-12-18(13-9-15)29-5-2/h6-13,20H,4-5H2,1-3H3,(H,25,31). The Balaban J connectivity index is 1.76. The second-order valence-electron chi connectivity index (χ2n) is 7.06. The summed E-state index contributed by atoms with van der Waals surface area (Å²) < 4.78 is 24.5. The van der Waals surface area contributed by atoms with E-state index in [1.54, 1.807) is 12.1 Å². The van der Waals surface area contributed by atoms with Gasteiger partial charge in [0.05, 0.1) is 18.2 Å². The summed E-state index contributed by atoms with van der Waals surface area (Å²) in [7, 11) is 0. The van der Waals surface area contributed by atoms with E-state index in [0.717, 1.165) is 22.6 Å². The zero-order valence-corrected chi connectivity index (χ0v) is 18.4. The highest BCUT2D eigenvalue weighted by molar-refractivity contribution is 7.80. The second kappa shape index (κ2) is 8.85. The number of benzene rings is 2. The maximum absolute atomic E-state index is 13.3. The van der Waals surface area contributed by atoms with Crippen LogP contribution in [-0.4, -0.2) is 33.3 Å². The van der Waals surface area contributed by atoms with E-state index in [-0.39, 0.29) is 11.9 Å². The van der Waals surface area contributed by atoms with Crippen LogP contribution in [-0.2, 0) is 0 Å². The Morgan fingerprint density at radius 3 is 2.48 bits per heavy atom. The molecule has 0 saturated heterocycles. The number of aromatic nitrogens is 2. The van der Waals surface area contributed by atoms with E-state index in [1.807, 2.05) is 49.9 Å². The fourth-order valence-corrected chi connectivity index (χ4v) is 4.05. The van der Waals surface area contributed by atoms with Gasteiger partial charge in [-0.3, -0.25) is 0 Å². The lowest BCUT2D eigenvalue weighted by molar-refractivity contribution is 0.340. The summed E-state index contributed by atoms with van der Waals surface area (Å²) in [6, 6.07) is 13.6. The maximum atomic E-state index is 13.3. The number of halogens is 1. The number of nitrogens with one attached hydrogen (secondary N) is 1. The van der Waals surface area contributed by atoms with Crippen molar-refractivity contribution in [3.8, 4) is 17.1 Å². The number of thiocarbonyl (C=S) groups is 1. The quantitative estimate of drug-likeness (QED) is 0.546. The molecule has 0 fully saturated rings. The minimum atomic E-state index is -0.315. The van der Waals surface area contributed by atoms with Gasteiger partial charge in [0.25, 0.3) is 5.89 Å². The van der Waals surface area contributed by atoms with E-state index in [1.165, 1.54) is 12.1 Å². The lowest BCUT2D eigenvalue weighted by atomic mass is 9.94. The molecule has 1 N–H and O–H groups in total. The smallest absolute Gasteiger partial charge is 0.258 e. The number of nitrogens with zero attached hydrogens (tertiary/aromatic N) is 3. The number of rotatable bonds is 6. The van der Waals surface area contributed by atoms with E-state index in [2.05, 4.69) is 15.5 Å². The molecule has 1 aromatic heterocycles. The van der Waals surface area contributed by atoms with Crippen molar-refractivity contribution in [3.63, 3.8) is 0 Å². The first kappa shape index (κ1) is 21.0. The van der Waals surface area contributed by atoms with Crippen molar-refractivity contribution >= 4 is 22.9 Å². The average Bonchev–Trinajstić information content (AvgIpc) is 3.24. The molecule has 8 heteroatoms. The minimum absolute atomic E-state index is 0.257. The summed E-state index contributed by atoms with van der Waals surface area (Å²) in [6.45, 7) is 7.29. The van der Waals surface area contributed by atoms with Crippen molar-refractivity contribution in [2.45, 2.75) is 26.8 Å². The molecule has 1 aliphatic rings. The van der Waals surface area contributed by atoms with Crippen molar-refractivity contribution in [2.75, 3.05) is 13.2 Å². The first-order chi connectivity index (χ1) is 15.0. The van der Waals surface area contributed by atoms with Crippen LogP contribution < -0.4 is 10.1 Å². The van der Waals surface area contributed by atoms with Gasteiger partial charge in [0, 0.05) is 17.8 Å². The minimum Gasteiger partial charge on any atom is -0.494 e. The van der Waals surface area contributed by atoms with Crippen molar-refractivity contribution in [1.29, 1.82) is 0 Å². The van der Waals surface area contributed by atoms with Gasteiger partial charge < -0.3 is 19.5 Å². The number of allylic oxidation sites excluding steroid dienone is 1. The molecule has 3 aromatic rings. The van der Waals surface area contributed by atoms with Crippen LogP contribution in [0.15, 0.2) is 58.8 Å². The normalized spacial score (nSPS) is 16.5. The molecule has 0 amide bonds. The fourth-order valence-electron chi connectivity index (χ4n) is 3.66. The molecule has 1 aliphatic heterocycles. The monoisotopic (exact) mass is 438 g/mol. The highest BCUT2D eigenvalue weighted by atomic mass is 32.1. The van der Waals surface area contributed by atoms with Crippen LogP contribution in [0.4, 0.5) is 4.39 Å². The molecule has 1 unspecified atom stereocenters. The molecular formula is C23H23FN4O2S. The third kappa shape index (κ3) is 4.16. The number of hydrogen-bond donors (Lipinski definition) is 1. The zero-order chi connectivity index (χ0) is 22.0. The molecule has 0 spiro atoms. The van der Waals surface area contributed by atoms with Crippen LogP contribution in [0.1, 0.15) is 38.3 Å². The summed E-state index contributed by atoms with van der Waals surface area (Å²) in [6.07, 6.45) is 0. The molecule has 0 aliphatic carbocycles. The Kier molecular flexibility index (Phi) is 5.99. The topological polar surface area (TPSA) is 63.4 Å². The Morgan fingerprint density at radius 1 is 1.13 bits per heavy atom. The van der Waals surface area contributed by atoms with Crippen LogP contribution in [0.5, 0.6) is 5.75 Å². The van der Waals surface area contributed by atoms with Gasteiger partial charge in [-0.05, 0) is 75.0 Å². The van der Waals surface area contributed by atoms with Crippen LogP contribution in [0.2, 0.25) is 0 Å². The summed E-state index contributed by atoms with van der Waals surface area (Å²) in [5.41, 5.74) is 3.47. The van der Waals surface area contributed by atoms with Gasteiger partial charge in [0.1, 0.15) is 11.6 Å². The Bertz CT molecular complexity index is 1110. The van der Waals surface area contributed by atoms with E-state index in [9.17, 15) is 4.39 Å². The predicted molar refractivity (Wildman–Crippen MR) is 121 cm³/mol. The number of ether oxygens (including phenoxy) is 1.